The summed E-state index contributed by atoms with van der Waals surface area (Å²) in [6.07, 6.45) is 40.4. The molecule has 0 heterocycles. The molecule has 3 N–H and O–H groups in total. The molecule has 0 spiro atoms. The third-order valence-electron chi connectivity index (χ3n) is 8.14. The highest BCUT2D eigenvalue weighted by molar-refractivity contribution is 7.47. The summed E-state index contributed by atoms with van der Waals surface area (Å²) in [7, 11) is -4.63. The Hall–Kier alpha value is -2.33. The number of esters is 2. The van der Waals surface area contributed by atoms with E-state index < -0.39 is 51.8 Å². The molecule has 53 heavy (non-hydrogen) atoms. The molecule has 0 fully saturated rings. The van der Waals surface area contributed by atoms with Gasteiger partial charge in [-0.25, -0.2) is 4.57 Å². The molecule has 0 aromatic carbocycles. The van der Waals surface area contributed by atoms with Gasteiger partial charge in [0.25, 0.3) is 0 Å². The van der Waals surface area contributed by atoms with Gasteiger partial charge >= 0.3 is 19.8 Å². The van der Waals surface area contributed by atoms with Crippen molar-refractivity contribution in [3.05, 3.63) is 60.8 Å². The number of allylic oxidation sites excluding steroid dienone is 10. The van der Waals surface area contributed by atoms with Gasteiger partial charge in [-0.1, -0.05) is 120 Å². The van der Waals surface area contributed by atoms with Crippen LogP contribution in [0.3, 0.4) is 0 Å². The van der Waals surface area contributed by atoms with Gasteiger partial charge in [-0.2, -0.15) is 0 Å². The van der Waals surface area contributed by atoms with Crippen molar-refractivity contribution < 1.29 is 47.8 Å². The largest absolute Gasteiger partial charge is 0.472 e. The fourth-order valence-corrected chi connectivity index (χ4v) is 5.76. The topological polar surface area (TPSA) is 149 Å². The summed E-state index contributed by atoms with van der Waals surface area (Å²) in [6, 6.07) is 0. The molecule has 10 nitrogen and oxygen atoms in total. The molecule has 0 aliphatic carbocycles. The Morgan fingerprint density at radius 3 is 1.51 bits per heavy atom. The number of aliphatic hydroxyl groups is 2. The quantitative estimate of drug-likeness (QED) is 0.0241. The van der Waals surface area contributed by atoms with Crippen LogP contribution in [0, 0.1) is 0 Å². The first-order valence-corrected chi connectivity index (χ1v) is 21.7. The van der Waals surface area contributed by atoms with E-state index in [1.807, 2.05) is 0 Å². The number of rotatable bonds is 37. The van der Waals surface area contributed by atoms with E-state index in [1.54, 1.807) is 0 Å². The summed E-state index contributed by atoms with van der Waals surface area (Å²) in [5.74, 6) is -0.992. The van der Waals surface area contributed by atoms with Crippen molar-refractivity contribution >= 4 is 19.8 Å². The SMILES string of the molecule is CCCCCC=CCC=CCC=CCCCCC(=O)OCC(COP(=O)(O)OCC(O)CO)OC(=O)CCCCCCCC=CCC=CCCCCC. The van der Waals surface area contributed by atoms with E-state index in [0.29, 0.717) is 12.8 Å². The second kappa shape index (κ2) is 38.0. The van der Waals surface area contributed by atoms with Crippen LogP contribution in [-0.2, 0) is 32.7 Å². The van der Waals surface area contributed by atoms with Crippen molar-refractivity contribution in [3.8, 4) is 0 Å². The van der Waals surface area contributed by atoms with Crippen LogP contribution in [-0.4, -0.2) is 65.7 Å². The van der Waals surface area contributed by atoms with Crippen LogP contribution in [0.5, 0.6) is 0 Å². The van der Waals surface area contributed by atoms with E-state index in [4.69, 9.17) is 19.1 Å². The van der Waals surface area contributed by atoms with Gasteiger partial charge < -0.3 is 24.6 Å². The summed E-state index contributed by atoms with van der Waals surface area (Å²) in [5, 5.41) is 18.3. The Morgan fingerprint density at radius 1 is 0.566 bits per heavy atom. The van der Waals surface area contributed by atoms with Crippen LogP contribution in [0.1, 0.15) is 155 Å². The lowest BCUT2D eigenvalue weighted by Gasteiger charge is -2.20. The van der Waals surface area contributed by atoms with Gasteiger partial charge in [-0.05, 0) is 83.5 Å². The lowest BCUT2D eigenvalue weighted by Crippen LogP contribution is -2.29. The highest BCUT2D eigenvalue weighted by Crippen LogP contribution is 2.43. The minimum absolute atomic E-state index is 0.157. The maximum atomic E-state index is 12.6. The first kappa shape index (κ1) is 50.7. The average molecular weight is 769 g/mol. The maximum absolute atomic E-state index is 12.6. The molecular weight excluding hydrogens is 695 g/mol. The standard InChI is InChI=1S/C42H73O10P/c1-3-5-7-9-11-13-15-17-19-21-23-25-27-29-31-33-41(45)49-37-40(38-51-53(47,48)50-36-39(44)35-43)52-42(46)34-32-30-28-26-24-22-20-18-16-14-12-10-8-6-4-2/h11-14,17-20,23,25,39-40,43-44H,3-10,15-16,21-22,24,26-38H2,1-2H3,(H,47,48). The molecular formula is C42H73O10P. The number of hydrogen-bond donors (Lipinski definition) is 3. The van der Waals surface area contributed by atoms with Crippen LogP contribution < -0.4 is 0 Å². The lowest BCUT2D eigenvalue weighted by molar-refractivity contribution is -0.161. The average Bonchev–Trinajstić information content (AvgIpc) is 3.14. The molecule has 0 radical (unpaired) electrons. The van der Waals surface area contributed by atoms with Gasteiger partial charge in [-0.15, -0.1) is 0 Å². The normalized spacial score (nSPS) is 14.6. The Morgan fingerprint density at radius 2 is 0.981 bits per heavy atom. The fraction of sp³-hybridized carbons (Fsp3) is 0.714. The van der Waals surface area contributed by atoms with Gasteiger partial charge in [0.15, 0.2) is 6.10 Å². The molecule has 306 valence electrons. The van der Waals surface area contributed by atoms with Crippen LogP contribution in [0.2, 0.25) is 0 Å². The summed E-state index contributed by atoms with van der Waals surface area (Å²) in [5.41, 5.74) is 0. The Labute approximate surface area is 321 Å². The van der Waals surface area contributed by atoms with Crippen molar-refractivity contribution in [2.45, 2.75) is 167 Å². The third-order valence-corrected chi connectivity index (χ3v) is 9.10. The van der Waals surface area contributed by atoms with E-state index in [-0.39, 0.29) is 19.4 Å². The van der Waals surface area contributed by atoms with Crippen LogP contribution in [0.4, 0.5) is 0 Å². The van der Waals surface area contributed by atoms with Crippen LogP contribution in [0.25, 0.3) is 0 Å². The highest BCUT2D eigenvalue weighted by Gasteiger charge is 2.27. The number of phosphoric acid groups is 1. The Bertz CT molecular complexity index is 1070. The molecule has 0 rings (SSSR count). The lowest BCUT2D eigenvalue weighted by atomic mass is 10.1. The van der Waals surface area contributed by atoms with Crippen molar-refractivity contribution in [1.29, 1.82) is 0 Å². The number of aliphatic hydroxyl groups excluding tert-OH is 2. The zero-order valence-electron chi connectivity index (χ0n) is 33.0. The number of unbranched alkanes of at least 4 members (excludes halogenated alkanes) is 13. The highest BCUT2D eigenvalue weighted by atomic mass is 31.2. The maximum Gasteiger partial charge on any atom is 0.472 e. The summed E-state index contributed by atoms with van der Waals surface area (Å²) in [6.45, 7) is 2.24. The number of ether oxygens (including phenoxy) is 2. The molecule has 3 unspecified atom stereocenters. The molecule has 0 aliphatic heterocycles. The van der Waals surface area contributed by atoms with Gasteiger partial charge in [-0.3, -0.25) is 18.6 Å². The molecule has 0 aromatic heterocycles. The predicted molar refractivity (Wildman–Crippen MR) is 214 cm³/mol. The zero-order chi connectivity index (χ0) is 39.1. The molecule has 0 aromatic rings. The Kier molecular flexibility index (Phi) is 36.3. The number of carbonyl (C=O) groups excluding carboxylic acids is 2. The molecule has 0 amide bonds. The first-order chi connectivity index (χ1) is 25.7. The first-order valence-electron chi connectivity index (χ1n) is 20.2. The molecule has 0 aliphatic rings. The molecule has 11 heteroatoms. The van der Waals surface area contributed by atoms with E-state index in [0.717, 1.165) is 77.0 Å². The Balaban J connectivity index is 4.45. The summed E-state index contributed by atoms with van der Waals surface area (Å²) < 4.78 is 32.6. The van der Waals surface area contributed by atoms with E-state index >= 15 is 0 Å². The molecule has 0 saturated carbocycles. The van der Waals surface area contributed by atoms with Crippen molar-refractivity contribution in [1.82, 2.24) is 0 Å². The molecule has 0 saturated heterocycles. The van der Waals surface area contributed by atoms with Crippen LogP contribution >= 0.6 is 7.82 Å². The van der Waals surface area contributed by atoms with Gasteiger partial charge in [0.2, 0.25) is 0 Å². The second-order valence-electron chi connectivity index (χ2n) is 13.3. The van der Waals surface area contributed by atoms with E-state index in [1.165, 1.54) is 38.5 Å². The van der Waals surface area contributed by atoms with Crippen molar-refractivity contribution in [2.75, 3.05) is 26.4 Å². The molecule has 3 atom stereocenters. The number of carbonyl (C=O) groups is 2. The minimum atomic E-state index is -4.63. The van der Waals surface area contributed by atoms with Crippen molar-refractivity contribution in [2.24, 2.45) is 0 Å². The zero-order valence-corrected chi connectivity index (χ0v) is 33.9. The monoisotopic (exact) mass is 768 g/mol. The van der Waals surface area contributed by atoms with E-state index in [2.05, 4.69) is 79.1 Å². The number of hydrogen-bond acceptors (Lipinski definition) is 9. The minimum Gasteiger partial charge on any atom is -0.462 e. The van der Waals surface area contributed by atoms with Gasteiger partial charge in [0.1, 0.15) is 12.7 Å². The second-order valence-corrected chi connectivity index (χ2v) is 14.8. The van der Waals surface area contributed by atoms with Crippen molar-refractivity contribution in [3.63, 3.8) is 0 Å². The van der Waals surface area contributed by atoms with Crippen LogP contribution in [0.15, 0.2) is 60.8 Å². The van der Waals surface area contributed by atoms with Gasteiger partial charge in [0, 0.05) is 12.8 Å². The van der Waals surface area contributed by atoms with E-state index in [9.17, 15) is 24.2 Å². The smallest absolute Gasteiger partial charge is 0.462 e. The predicted octanol–water partition coefficient (Wildman–Crippen LogP) is 10.3. The summed E-state index contributed by atoms with van der Waals surface area (Å²) >= 11 is 0. The number of phosphoric ester groups is 1. The third kappa shape index (κ3) is 37.8. The summed E-state index contributed by atoms with van der Waals surface area (Å²) in [4.78, 5) is 34.9. The van der Waals surface area contributed by atoms with Gasteiger partial charge in [0.05, 0.1) is 19.8 Å². The fourth-order valence-electron chi connectivity index (χ4n) is 4.97. The molecule has 0 bridgehead atoms.